The summed E-state index contributed by atoms with van der Waals surface area (Å²) in [5.74, 6) is 0.320. The zero-order valence-electron chi connectivity index (χ0n) is 11.0. The van der Waals surface area contributed by atoms with Gasteiger partial charge in [-0.15, -0.1) is 0 Å². The van der Waals surface area contributed by atoms with Gasteiger partial charge in [-0.2, -0.15) is 0 Å². The van der Waals surface area contributed by atoms with E-state index in [4.69, 9.17) is 0 Å². The van der Waals surface area contributed by atoms with Crippen LogP contribution in [-0.2, 0) is 4.79 Å². The van der Waals surface area contributed by atoms with E-state index in [1.807, 2.05) is 0 Å². The van der Waals surface area contributed by atoms with E-state index < -0.39 is 0 Å². The number of unbranched alkanes of at least 4 members (excludes halogenated alkanes) is 1. The molecule has 94 valence electrons. The first-order valence-electron chi connectivity index (χ1n) is 6.74. The van der Waals surface area contributed by atoms with Crippen LogP contribution < -0.4 is 5.32 Å². The van der Waals surface area contributed by atoms with Crippen molar-refractivity contribution in [3.63, 3.8) is 0 Å². The van der Waals surface area contributed by atoms with Crippen molar-refractivity contribution >= 4 is 5.91 Å². The Kier molecular flexibility index (Phi) is 5.81. The smallest absolute Gasteiger partial charge is 0.239 e. The molecule has 0 bridgehead atoms. The van der Waals surface area contributed by atoms with Crippen LogP contribution in [0.5, 0.6) is 0 Å². The Hall–Kier alpha value is -0.570. The van der Waals surface area contributed by atoms with Gasteiger partial charge in [-0.25, -0.2) is 0 Å². The second-order valence-corrected chi connectivity index (χ2v) is 4.79. The van der Waals surface area contributed by atoms with Crippen LogP contribution in [0.2, 0.25) is 0 Å². The quantitative estimate of drug-likeness (QED) is 0.753. The second-order valence-electron chi connectivity index (χ2n) is 4.79. The van der Waals surface area contributed by atoms with Crippen LogP contribution in [-0.4, -0.2) is 36.0 Å². The lowest BCUT2D eigenvalue weighted by Gasteiger charge is -2.31. The van der Waals surface area contributed by atoms with Crippen molar-refractivity contribution in [2.75, 3.05) is 13.1 Å². The van der Waals surface area contributed by atoms with Crippen molar-refractivity contribution in [3.05, 3.63) is 0 Å². The third-order valence-electron chi connectivity index (χ3n) is 3.52. The summed E-state index contributed by atoms with van der Waals surface area (Å²) in [6.07, 6.45) is 5.46. The summed E-state index contributed by atoms with van der Waals surface area (Å²) in [4.78, 5) is 14.4. The lowest BCUT2D eigenvalue weighted by Crippen LogP contribution is -2.47. The third-order valence-corrected chi connectivity index (χ3v) is 3.52. The van der Waals surface area contributed by atoms with Gasteiger partial charge < -0.3 is 10.2 Å². The summed E-state index contributed by atoms with van der Waals surface area (Å²) < 4.78 is 0. The van der Waals surface area contributed by atoms with Crippen LogP contribution in [0.4, 0.5) is 0 Å². The highest BCUT2D eigenvalue weighted by Gasteiger charge is 2.28. The van der Waals surface area contributed by atoms with E-state index in [9.17, 15) is 4.79 Å². The summed E-state index contributed by atoms with van der Waals surface area (Å²) in [6, 6.07) is 0.465. The maximum Gasteiger partial charge on any atom is 0.239 e. The molecule has 0 aromatic heterocycles. The molecule has 2 atom stereocenters. The van der Waals surface area contributed by atoms with Crippen molar-refractivity contribution in [1.82, 2.24) is 10.2 Å². The lowest BCUT2D eigenvalue weighted by molar-refractivity contribution is -0.135. The second kappa shape index (κ2) is 6.89. The molecular weight excluding hydrogens is 200 g/mol. The van der Waals surface area contributed by atoms with E-state index in [2.05, 4.69) is 31.0 Å². The number of nitrogens with one attached hydrogen (secondary N) is 1. The maximum atomic E-state index is 12.3. The molecule has 0 aromatic rings. The van der Waals surface area contributed by atoms with Crippen molar-refractivity contribution in [2.45, 2.75) is 65.0 Å². The summed E-state index contributed by atoms with van der Waals surface area (Å²) >= 11 is 0. The fourth-order valence-electron chi connectivity index (χ4n) is 2.19. The molecule has 1 heterocycles. The van der Waals surface area contributed by atoms with Gasteiger partial charge in [0, 0.05) is 12.6 Å². The summed E-state index contributed by atoms with van der Waals surface area (Å²) in [5, 5.41) is 3.30. The van der Waals surface area contributed by atoms with Crippen LogP contribution in [0.1, 0.15) is 52.9 Å². The molecule has 1 N–H and O–H groups in total. The molecular formula is C13H26N2O. The molecule has 16 heavy (non-hydrogen) atoms. The van der Waals surface area contributed by atoms with Crippen LogP contribution in [0, 0.1) is 0 Å². The van der Waals surface area contributed by atoms with Crippen LogP contribution in [0.3, 0.4) is 0 Å². The summed E-state index contributed by atoms with van der Waals surface area (Å²) in [5.41, 5.74) is 0. The standard InChI is InChI=1S/C13H26N2O/c1-4-6-10-15(11(3)5-2)13(16)12-8-7-9-14-12/h11-12,14H,4-10H2,1-3H3. The molecule has 2 unspecified atom stereocenters. The molecule has 0 radical (unpaired) electrons. The lowest BCUT2D eigenvalue weighted by atomic mass is 10.1. The number of hydrogen-bond donors (Lipinski definition) is 1. The van der Waals surface area contributed by atoms with Crippen molar-refractivity contribution < 1.29 is 4.79 Å². The Labute approximate surface area is 99.6 Å². The maximum absolute atomic E-state index is 12.3. The van der Waals surface area contributed by atoms with Crippen molar-refractivity contribution in [1.29, 1.82) is 0 Å². The predicted molar refractivity (Wildman–Crippen MR) is 67.4 cm³/mol. The Morgan fingerprint density at radius 2 is 2.25 bits per heavy atom. The molecule has 0 aliphatic carbocycles. The van der Waals surface area contributed by atoms with E-state index in [0.717, 1.165) is 45.2 Å². The van der Waals surface area contributed by atoms with Crippen LogP contribution in [0.25, 0.3) is 0 Å². The predicted octanol–water partition coefficient (Wildman–Crippen LogP) is 2.17. The van der Waals surface area contributed by atoms with E-state index in [1.54, 1.807) is 0 Å². The first-order chi connectivity index (χ1) is 7.70. The number of amides is 1. The Bertz CT molecular complexity index is 212. The van der Waals surface area contributed by atoms with Crippen molar-refractivity contribution in [3.8, 4) is 0 Å². The van der Waals surface area contributed by atoms with Gasteiger partial charge in [0.15, 0.2) is 0 Å². The minimum Gasteiger partial charge on any atom is -0.339 e. The average molecular weight is 226 g/mol. The first-order valence-corrected chi connectivity index (χ1v) is 6.74. The highest BCUT2D eigenvalue weighted by atomic mass is 16.2. The fourth-order valence-corrected chi connectivity index (χ4v) is 2.19. The zero-order chi connectivity index (χ0) is 12.0. The molecule has 3 heteroatoms. The third kappa shape index (κ3) is 3.48. The van der Waals surface area contributed by atoms with Gasteiger partial charge in [-0.1, -0.05) is 20.3 Å². The van der Waals surface area contributed by atoms with Gasteiger partial charge in [-0.05, 0) is 39.2 Å². The molecule has 1 saturated heterocycles. The number of carbonyl (C=O) groups is 1. The first kappa shape index (κ1) is 13.5. The summed E-state index contributed by atoms with van der Waals surface area (Å²) in [7, 11) is 0. The zero-order valence-corrected chi connectivity index (χ0v) is 11.0. The van der Waals surface area contributed by atoms with Gasteiger partial charge in [0.05, 0.1) is 6.04 Å². The molecule has 1 amide bonds. The van der Waals surface area contributed by atoms with E-state index in [-0.39, 0.29) is 6.04 Å². The van der Waals surface area contributed by atoms with Crippen molar-refractivity contribution in [2.24, 2.45) is 0 Å². The monoisotopic (exact) mass is 226 g/mol. The van der Waals surface area contributed by atoms with Gasteiger partial charge >= 0.3 is 0 Å². The number of carbonyl (C=O) groups excluding carboxylic acids is 1. The van der Waals surface area contributed by atoms with Crippen LogP contribution >= 0.6 is 0 Å². The largest absolute Gasteiger partial charge is 0.339 e. The van der Waals surface area contributed by atoms with E-state index in [1.165, 1.54) is 0 Å². The molecule has 1 rings (SSSR count). The molecule has 1 fully saturated rings. The van der Waals surface area contributed by atoms with E-state index >= 15 is 0 Å². The summed E-state index contributed by atoms with van der Waals surface area (Å²) in [6.45, 7) is 8.40. The van der Waals surface area contributed by atoms with Gasteiger partial charge in [-0.3, -0.25) is 4.79 Å². The molecule has 0 aromatic carbocycles. The molecule has 1 aliphatic rings. The molecule has 0 saturated carbocycles. The fraction of sp³-hybridized carbons (Fsp3) is 0.923. The highest BCUT2D eigenvalue weighted by Crippen LogP contribution is 2.13. The number of hydrogen-bond acceptors (Lipinski definition) is 2. The highest BCUT2D eigenvalue weighted by molar-refractivity contribution is 5.82. The number of nitrogens with zero attached hydrogens (tertiary/aromatic N) is 1. The van der Waals surface area contributed by atoms with Gasteiger partial charge in [0.1, 0.15) is 0 Å². The van der Waals surface area contributed by atoms with Gasteiger partial charge in [0.25, 0.3) is 0 Å². The SMILES string of the molecule is CCCCN(C(=O)C1CCCN1)C(C)CC. The molecule has 3 nitrogen and oxygen atoms in total. The number of rotatable bonds is 6. The van der Waals surface area contributed by atoms with Gasteiger partial charge in [0.2, 0.25) is 5.91 Å². The minimum absolute atomic E-state index is 0.0888. The Morgan fingerprint density at radius 3 is 2.75 bits per heavy atom. The van der Waals surface area contributed by atoms with E-state index in [0.29, 0.717) is 11.9 Å². The Morgan fingerprint density at radius 1 is 1.50 bits per heavy atom. The minimum atomic E-state index is 0.0888. The molecule has 1 aliphatic heterocycles. The Balaban J connectivity index is 2.55. The van der Waals surface area contributed by atoms with Crippen LogP contribution in [0.15, 0.2) is 0 Å². The topological polar surface area (TPSA) is 32.3 Å². The average Bonchev–Trinajstić information content (AvgIpc) is 2.82. The molecule has 0 spiro atoms. The normalized spacial score (nSPS) is 22.1.